The number of carbonyl (C=O) groups excluding carboxylic acids is 1. The van der Waals surface area contributed by atoms with E-state index in [4.69, 9.17) is 11.6 Å². The van der Waals surface area contributed by atoms with Crippen LogP contribution in [0.4, 0.5) is 0 Å². The maximum atomic E-state index is 12.0. The van der Waals surface area contributed by atoms with Gasteiger partial charge in [0.1, 0.15) is 0 Å². The van der Waals surface area contributed by atoms with Gasteiger partial charge < -0.3 is 4.90 Å². The van der Waals surface area contributed by atoms with Gasteiger partial charge in [0.05, 0.1) is 13.1 Å². The standard InChI is InChI=1S/C13H14ClNOS2/c14-6-5-13(16)15(9-11-3-1-7-17-11)10-12-4-2-8-18-12/h1-4,7-8H,5-6,9-10H2. The van der Waals surface area contributed by atoms with Crippen molar-refractivity contribution < 1.29 is 4.79 Å². The van der Waals surface area contributed by atoms with E-state index in [2.05, 4.69) is 12.1 Å². The van der Waals surface area contributed by atoms with Crippen LogP contribution in [0, 0.1) is 0 Å². The van der Waals surface area contributed by atoms with Gasteiger partial charge in [-0.3, -0.25) is 4.79 Å². The Morgan fingerprint density at radius 1 is 1.11 bits per heavy atom. The molecule has 0 bridgehead atoms. The minimum absolute atomic E-state index is 0.117. The zero-order chi connectivity index (χ0) is 12.8. The first-order valence-electron chi connectivity index (χ1n) is 5.68. The number of rotatable bonds is 6. The molecular formula is C13H14ClNOS2. The molecule has 0 atom stereocenters. The van der Waals surface area contributed by atoms with Crippen molar-refractivity contribution in [3.8, 4) is 0 Å². The molecule has 0 spiro atoms. The maximum absolute atomic E-state index is 12.0. The summed E-state index contributed by atoms with van der Waals surface area (Å²) in [4.78, 5) is 16.3. The van der Waals surface area contributed by atoms with Gasteiger partial charge in [-0.05, 0) is 22.9 Å². The van der Waals surface area contributed by atoms with Gasteiger partial charge in [0.2, 0.25) is 5.91 Å². The van der Waals surface area contributed by atoms with Gasteiger partial charge in [-0.2, -0.15) is 0 Å². The van der Waals surface area contributed by atoms with Crippen LogP contribution < -0.4 is 0 Å². The molecule has 0 aromatic carbocycles. The molecule has 0 saturated carbocycles. The number of hydrogen-bond donors (Lipinski definition) is 0. The van der Waals surface area contributed by atoms with Crippen molar-refractivity contribution in [3.63, 3.8) is 0 Å². The van der Waals surface area contributed by atoms with Crippen molar-refractivity contribution in [1.29, 1.82) is 0 Å². The molecule has 2 rings (SSSR count). The van der Waals surface area contributed by atoms with Crippen molar-refractivity contribution in [2.75, 3.05) is 5.88 Å². The molecule has 0 aliphatic rings. The van der Waals surface area contributed by atoms with Crippen LogP contribution >= 0.6 is 34.3 Å². The fraction of sp³-hybridized carbons (Fsp3) is 0.308. The van der Waals surface area contributed by atoms with E-state index in [9.17, 15) is 4.79 Å². The third kappa shape index (κ3) is 3.83. The number of hydrogen-bond acceptors (Lipinski definition) is 3. The molecule has 18 heavy (non-hydrogen) atoms. The highest BCUT2D eigenvalue weighted by Gasteiger charge is 2.14. The summed E-state index contributed by atoms with van der Waals surface area (Å²) in [5, 5.41) is 4.06. The van der Waals surface area contributed by atoms with E-state index in [0.29, 0.717) is 25.4 Å². The van der Waals surface area contributed by atoms with Crippen LogP contribution in [-0.4, -0.2) is 16.7 Å². The first-order valence-corrected chi connectivity index (χ1v) is 7.97. The summed E-state index contributed by atoms with van der Waals surface area (Å²) in [6, 6.07) is 8.13. The van der Waals surface area contributed by atoms with Gasteiger partial charge in [0, 0.05) is 22.1 Å². The highest BCUT2D eigenvalue weighted by molar-refractivity contribution is 7.10. The van der Waals surface area contributed by atoms with Crippen LogP contribution in [0.2, 0.25) is 0 Å². The molecule has 5 heteroatoms. The minimum atomic E-state index is 0.117. The third-order valence-corrected chi connectivity index (χ3v) is 4.43. The largest absolute Gasteiger partial charge is 0.332 e. The second-order valence-corrected chi connectivity index (χ2v) is 6.29. The first kappa shape index (κ1) is 13.6. The molecule has 2 heterocycles. The Kier molecular flexibility index (Phi) is 5.23. The van der Waals surface area contributed by atoms with Crippen molar-refractivity contribution in [2.24, 2.45) is 0 Å². The molecule has 0 saturated heterocycles. The number of alkyl halides is 1. The van der Waals surface area contributed by atoms with Crippen LogP contribution in [0.5, 0.6) is 0 Å². The van der Waals surface area contributed by atoms with E-state index < -0.39 is 0 Å². The molecule has 0 aliphatic carbocycles. The third-order valence-electron chi connectivity index (χ3n) is 2.51. The fourth-order valence-corrected chi connectivity index (χ4v) is 3.25. The molecule has 2 aromatic heterocycles. The number of carbonyl (C=O) groups is 1. The minimum Gasteiger partial charge on any atom is -0.332 e. The van der Waals surface area contributed by atoms with Crippen LogP contribution in [0.15, 0.2) is 35.0 Å². The number of halogens is 1. The maximum Gasteiger partial charge on any atom is 0.224 e. The lowest BCUT2D eigenvalue weighted by Crippen LogP contribution is -2.29. The lowest BCUT2D eigenvalue weighted by molar-refractivity contribution is -0.131. The van der Waals surface area contributed by atoms with Gasteiger partial charge in [0.25, 0.3) is 0 Å². The normalized spacial score (nSPS) is 10.5. The van der Waals surface area contributed by atoms with E-state index in [1.807, 2.05) is 27.8 Å². The number of amides is 1. The van der Waals surface area contributed by atoms with Crippen molar-refractivity contribution in [2.45, 2.75) is 19.5 Å². The quantitative estimate of drug-likeness (QED) is 0.739. The predicted octanol–water partition coefficient (Wildman–Crippen LogP) is 3.97. The van der Waals surface area contributed by atoms with Crippen molar-refractivity contribution >= 4 is 40.2 Å². The summed E-state index contributed by atoms with van der Waals surface area (Å²) in [6.45, 7) is 1.34. The topological polar surface area (TPSA) is 20.3 Å². The van der Waals surface area contributed by atoms with Crippen LogP contribution in [-0.2, 0) is 17.9 Å². The molecule has 2 aromatic rings. The molecular weight excluding hydrogens is 286 g/mol. The molecule has 1 amide bonds. The Balaban J connectivity index is 2.04. The molecule has 0 N–H and O–H groups in total. The van der Waals surface area contributed by atoms with E-state index in [1.165, 1.54) is 9.75 Å². The van der Waals surface area contributed by atoms with Gasteiger partial charge >= 0.3 is 0 Å². The molecule has 0 aliphatic heterocycles. The molecule has 96 valence electrons. The van der Waals surface area contributed by atoms with Gasteiger partial charge in [-0.1, -0.05) is 12.1 Å². The van der Waals surface area contributed by atoms with E-state index in [-0.39, 0.29) is 5.91 Å². The summed E-state index contributed by atoms with van der Waals surface area (Å²) < 4.78 is 0. The Hall–Kier alpha value is -0.840. The summed E-state index contributed by atoms with van der Waals surface area (Å²) in [6.07, 6.45) is 0.401. The second-order valence-electron chi connectivity index (χ2n) is 3.85. The van der Waals surface area contributed by atoms with Crippen LogP contribution in [0.1, 0.15) is 16.2 Å². The molecule has 0 unspecified atom stereocenters. The lowest BCUT2D eigenvalue weighted by Gasteiger charge is -2.21. The summed E-state index contributed by atoms with van der Waals surface area (Å²) in [7, 11) is 0. The number of nitrogens with zero attached hydrogens (tertiary/aromatic N) is 1. The lowest BCUT2D eigenvalue weighted by atomic mass is 10.3. The molecule has 0 fully saturated rings. The van der Waals surface area contributed by atoms with Crippen LogP contribution in [0.3, 0.4) is 0 Å². The van der Waals surface area contributed by atoms with Gasteiger partial charge in [-0.25, -0.2) is 0 Å². The Bertz CT molecular complexity index is 431. The molecule has 0 radical (unpaired) electrons. The predicted molar refractivity (Wildman–Crippen MR) is 78.2 cm³/mol. The van der Waals surface area contributed by atoms with Crippen molar-refractivity contribution in [3.05, 3.63) is 44.8 Å². The highest BCUT2D eigenvalue weighted by atomic mass is 35.5. The average molecular weight is 300 g/mol. The highest BCUT2D eigenvalue weighted by Crippen LogP contribution is 2.18. The SMILES string of the molecule is O=C(CCCl)N(Cc1cccs1)Cc1cccs1. The fourth-order valence-electron chi connectivity index (χ4n) is 1.65. The Morgan fingerprint density at radius 3 is 2.06 bits per heavy atom. The zero-order valence-electron chi connectivity index (χ0n) is 9.84. The monoisotopic (exact) mass is 299 g/mol. The van der Waals surface area contributed by atoms with E-state index >= 15 is 0 Å². The van der Waals surface area contributed by atoms with E-state index in [1.54, 1.807) is 22.7 Å². The van der Waals surface area contributed by atoms with Gasteiger partial charge in [0.15, 0.2) is 0 Å². The average Bonchev–Trinajstić information content (AvgIpc) is 3.01. The zero-order valence-corrected chi connectivity index (χ0v) is 12.2. The van der Waals surface area contributed by atoms with E-state index in [0.717, 1.165) is 0 Å². The Morgan fingerprint density at radius 2 is 1.67 bits per heavy atom. The molecule has 2 nitrogen and oxygen atoms in total. The number of thiophene rings is 2. The summed E-state index contributed by atoms with van der Waals surface area (Å²) >= 11 is 9.01. The van der Waals surface area contributed by atoms with Crippen molar-refractivity contribution in [1.82, 2.24) is 4.90 Å². The van der Waals surface area contributed by atoms with Gasteiger partial charge in [-0.15, -0.1) is 34.3 Å². The summed E-state index contributed by atoms with van der Waals surface area (Å²) in [5.74, 6) is 0.497. The smallest absolute Gasteiger partial charge is 0.224 e. The first-order chi connectivity index (χ1) is 8.79. The van der Waals surface area contributed by atoms with Crippen LogP contribution in [0.25, 0.3) is 0 Å². The Labute approximate surface area is 120 Å². The second kappa shape index (κ2) is 6.92. The summed E-state index contributed by atoms with van der Waals surface area (Å²) in [5.41, 5.74) is 0.